The maximum Gasteiger partial charge on any atom is 0.347 e. The predicted octanol–water partition coefficient (Wildman–Crippen LogP) is 0.441. The molecule has 1 saturated heterocycles. The van der Waals surface area contributed by atoms with Crippen molar-refractivity contribution < 1.29 is 29.3 Å². The fraction of sp³-hybridized carbons (Fsp3) is 0.600. The second-order valence-electron chi connectivity index (χ2n) is 3.12. The summed E-state index contributed by atoms with van der Waals surface area (Å²) in [6.45, 7) is 3.47. The van der Waals surface area contributed by atoms with E-state index in [2.05, 4.69) is 0 Å². The minimum absolute atomic E-state index is 0.120. The molecular formula is C10H14O6S2. The summed E-state index contributed by atoms with van der Waals surface area (Å²) in [6, 6.07) is 0. The number of carbonyl (C=O) groups is 2. The third-order valence-corrected chi connectivity index (χ3v) is 4.45. The second kappa shape index (κ2) is 7.03. The van der Waals surface area contributed by atoms with Gasteiger partial charge in [0, 0.05) is 0 Å². The van der Waals surface area contributed by atoms with Crippen molar-refractivity contribution in [1.29, 1.82) is 0 Å². The first-order valence-electron chi connectivity index (χ1n) is 5.29. The lowest BCUT2D eigenvalue weighted by molar-refractivity contribution is -0.146. The molecule has 1 rings (SSSR count). The molecule has 1 aliphatic rings. The number of rotatable bonds is 4. The summed E-state index contributed by atoms with van der Waals surface area (Å²) in [5, 5.41) is 18.8. The van der Waals surface area contributed by atoms with Crippen molar-refractivity contribution in [3.8, 4) is 0 Å². The fourth-order valence-electron chi connectivity index (χ4n) is 1.14. The van der Waals surface area contributed by atoms with E-state index in [9.17, 15) is 19.8 Å². The molecule has 0 amide bonds. The molecule has 2 unspecified atom stereocenters. The zero-order valence-electron chi connectivity index (χ0n) is 9.91. The maximum atomic E-state index is 11.7. The molecule has 0 aromatic rings. The number of hydrogen-bond acceptors (Lipinski definition) is 8. The smallest absolute Gasteiger partial charge is 0.347 e. The number of aliphatic hydroxyl groups excluding tert-OH is 2. The highest BCUT2D eigenvalue weighted by Crippen LogP contribution is 2.46. The minimum Gasteiger partial charge on any atom is -0.462 e. The van der Waals surface area contributed by atoms with Crippen molar-refractivity contribution in [3.05, 3.63) is 9.81 Å². The first kappa shape index (κ1) is 15.4. The quantitative estimate of drug-likeness (QED) is 0.334. The predicted molar refractivity (Wildman–Crippen MR) is 67.5 cm³/mol. The lowest BCUT2D eigenvalue weighted by Crippen LogP contribution is -2.19. The molecule has 1 fully saturated rings. The van der Waals surface area contributed by atoms with E-state index >= 15 is 0 Å². The van der Waals surface area contributed by atoms with Crippen LogP contribution in [-0.4, -0.2) is 46.2 Å². The van der Waals surface area contributed by atoms with Crippen LogP contribution in [0, 0.1) is 0 Å². The average molecular weight is 294 g/mol. The molecule has 2 atom stereocenters. The van der Waals surface area contributed by atoms with Gasteiger partial charge in [0.1, 0.15) is 10.9 Å². The van der Waals surface area contributed by atoms with Crippen LogP contribution in [0.4, 0.5) is 0 Å². The zero-order chi connectivity index (χ0) is 13.7. The maximum absolute atomic E-state index is 11.7. The molecule has 0 aliphatic carbocycles. The largest absolute Gasteiger partial charge is 0.462 e. The minimum atomic E-state index is -1.08. The Balaban J connectivity index is 3.00. The molecule has 102 valence electrons. The van der Waals surface area contributed by atoms with Gasteiger partial charge in [0.25, 0.3) is 0 Å². The van der Waals surface area contributed by atoms with Crippen molar-refractivity contribution in [1.82, 2.24) is 0 Å². The Morgan fingerprint density at radius 2 is 1.44 bits per heavy atom. The summed E-state index contributed by atoms with van der Waals surface area (Å²) in [5.41, 5.74) is -2.43. The van der Waals surface area contributed by atoms with Crippen LogP contribution in [0.15, 0.2) is 9.81 Å². The summed E-state index contributed by atoms with van der Waals surface area (Å²) in [7, 11) is 0. The molecule has 0 saturated carbocycles. The molecule has 0 bridgehead atoms. The molecule has 1 aliphatic heterocycles. The SMILES string of the molecule is CCOC(=O)C(C(=O)OCC)=C1SC(O)C(O)S1. The van der Waals surface area contributed by atoms with Gasteiger partial charge in [-0.15, -0.1) is 0 Å². The molecule has 0 aromatic heterocycles. The molecule has 0 radical (unpaired) electrons. The first-order valence-corrected chi connectivity index (χ1v) is 7.05. The van der Waals surface area contributed by atoms with Gasteiger partial charge in [-0.3, -0.25) is 0 Å². The van der Waals surface area contributed by atoms with Gasteiger partial charge in [0.05, 0.1) is 17.5 Å². The molecule has 2 N–H and O–H groups in total. The van der Waals surface area contributed by atoms with Crippen molar-refractivity contribution in [2.75, 3.05) is 13.2 Å². The number of hydrogen-bond donors (Lipinski definition) is 2. The highest BCUT2D eigenvalue weighted by Gasteiger charge is 2.36. The number of carbonyl (C=O) groups excluding carboxylic acids is 2. The summed E-state index contributed by atoms with van der Waals surface area (Å²) in [6.07, 6.45) is 0. The Hall–Kier alpha value is -0.700. The van der Waals surface area contributed by atoms with Crippen LogP contribution in [0.2, 0.25) is 0 Å². The molecule has 0 aromatic carbocycles. The van der Waals surface area contributed by atoms with Gasteiger partial charge in [0.15, 0.2) is 5.57 Å². The second-order valence-corrected chi connectivity index (χ2v) is 5.63. The Kier molecular flexibility index (Phi) is 6.00. The topological polar surface area (TPSA) is 93.1 Å². The van der Waals surface area contributed by atoms with E-state index in [1.165, 1.54) is 0 Å². The monoisotopic (exact) mass is 294 g/mol. The van der Waals surface area contributed by atoms with Gasteiger partial charge < -0.3 is 19.7 Å². The van der Waals surface area contributed by atoms with Crippen LogP contribution in [0.25, 0.3) is 0 Å². The van der Waals surface area contributed by atoms with Gasteiger partial charge in [-0.25, -0.2) is 9.59 Å². The first-order chi connectivity index (χ1) is 8.51. The van der Waals surface area contributed by atoms with Gasteiger partial charge in [-0.05, 0) is 13.8 Å². The molecular weight excluding hydrogens is 280 g/mol. The lowest BCUT2D eigenvalue weighted by Gasteiger charge is -2.08. The number of esters is 2. The van der Waals surface area contributed by atoms with Crippen molar-refractivity contribution in [3.63, 3.8) is 0 Å². The molecule has 8 heteroatoms. The third kappa shape index (κ3) is 3.64. The number of aliphatic hydroxyl groups is 2. The summed E-state index contributed by atoms with van der Waals surface area (Å²) >= 11 is 1.67. The average Bonchev–Trinajstić information content (AvgIpc) is 2.59. The van der Waals surface area contributed by atoms with Crippen molar-refractivity contribution in [2.24, 2.45) is 0 Å². The highest BCUT2D eigenvalue weighted by atomic mass is 32.2. The fourth-order valence-corrected chi connectivity index (χ4v) is 3.53. The Bertz CT molecular complexity index is 335. The highest BCUT2D eigenvalue weighted by molar-refractivity contribution is 8.25. The zero-order valence-corrected chi connectivity index (χ0v) is 11.5. The van der Waals surface area contributed by atoms with Crippen LogP contribution in [0.1, 0.15) is 13.8 Å². The van der Waals surface area contributed by atoms with E-state index in [1.807, 2.05) is 0 Å². The van der Waals surface area contributed by atoms with Crippen LogP contribution in [-0.2, 0) is 19.1 Å². The molecule has 6 nitrogen and oxygen atoms in total. The van der Waals surface area contributed by atoms with Gasteiger partial charge >= 0.3 is 11.9 Å². The van der Waals surface area contributed by atoms with Gasteiger partial charge in [-0.1, -0.05) is 23.5 Å². The van der Waals surface area contributed by atoms with Gasteiger partial charge in [-0.2, -0.15) is 0 Å². The molecule has 18 heavy (non-hydrogen) atoms. The van der Waals surface area contributed by atoms with Crippen molar-refractivity contribution in [2.45, 2.75) is 24.7 Å². The Morgan fingerprint density at radius 3 is 1.78 bits per heavy atom. The van der Waals surface area contributed by atoms with Crippen LogP contribution in [0.3, 0.4) is 0 Å². The van der Waals surface area contributed by atoms with Gasteiger partial charge in [0.2, 0.25) is 0 Å². The van der Waals surface area contributed by atoms with E-state index in [0.717, 1.165) is 23.5 Å². The van der Waals surface area contributed by atoms with E-state index in [-0.39, 0.29) is 23.0 Å². The normalized spacial score (nSPS) is 22.8. The van der Waals surface area contributed by atoms with E-state index in [4.69, 9.17) is 9.47 Å². The molecule has 1 heterocycles. The van der Waals surface area contributed by atoms with Crippen LogP contribution >= 0.6 is 23.5 Å². The summed E-state index contributed by atoms with van der Waals surface area (Å²) in [4.78, 5) is 23.4. The summed E-state index contributed by atoms with van der Waals surface area (Å²) < 4.78 is 9.75. The number of ether oxygens (including phenoxy) is 2. The number of thioether (sulfide) groups is 2. The van der Waals surface area contributed by atoms with Crippen LogP contribution < -0.4 is 0 Å². The third-order valence-electron chi connectivity index (χ3n) is 1.86. The Morgan fingerprint density at radius 1 is 1.06 bits per heavy atom. The van der Waals surface area contributed by atoms with E-state index < -0.39 is 22.8 Å². The standard InChI is InChI=1S/C10H14O6S2/c1-3-15-6(11)5(7(12)16-4-2)10-17-8(13)9(14)18-10/h8-9,13-14H,3-4H2,1-2H3. The lowest BCUT2D eigenvalue weighted by atomic mass is 10.3. The Labute approximate surface area is 113 Å². The van der Waals surface area contributed by atoms with E-state index in [1.54, 1.807) is 13.8 Å². The van der Waals surface area contributed by atoms with Crippen molar-refractivity contribution >= 4 is 35.5 Å². The molecule has 0 spiro atoms. The van der Waals surface area contributed by atoms with E-state index in [0.29, 0.717) is 0 Å². The van der Waals surface area contributed by atoms with Crippen LogP contribution in [0.5, 0.6) is 0 Å². The summed E-state index contributed by atoms with van der Waals surface area (Å²) in [5.74, 6) is -1.63.